The summed E-state index contributed by atoms with van der Waals surface area (Å²) in [7, 11) is 0. The molecule has 22 heavy (non-hydrogen) atoms. The van der Waals surface area contributed by atoms with Crippen LogP contribution in [-0.2, 0) is 0 Å². The molecular weight excluding hydrogens is 286 g/mol. The highest BCUT2D eigenvalue weighted by Gasteiger charge is 2.08. The molecule has 0 saturated carbocycles. The fourth-order valence-electron chi connectivity index (χ4n) is 2.80. The van der Waals surface area contributed by atoms with Crippen molar-refractivity contribution in [2.75, 3.05) is 5.73 Å². The monoisotopic (exact) mass is 301 g/mol. The summed E-state index contributed by atoms with van der Waals surface area (Å²) in [5.41, 5.74) is 6.93. The number of nitrogen functional groups attached to an aromatic ring is 1. The van der Waals surface area contributed by atoms with E-state index in [1.165, 1.54) is 26.4 Å². The number of hydrogen-bond acceptors (Lipinski definition) is 2. The average molecular weight is 301 g/mol. The maximum absolute atomic E-state index is 6.10. The molecule has 0 radical (unpaired) electrons. The van der Waals surface area contributed by atoms with Gasteiger partial charge in [0.15, 0.2) is 0 Å². The number of hydrogen-bond donors (Lipinski definition) is 1. The van der Waals surface area contributed by atoms with Gasteiger partial charge in [-0.2, -0.15) is 0 Å². The Hall–Kier alpha value is -2.45. The third kappa shape index (κ3) is 2.22. The van der Waals surface area contributed by atoms with E-state index in [1.54, 1.807) is 11.8 Å². The molecule has 0 fully saturated rings. The van der Waals surface area contributed by atoms with Crippen LogP contribution in [0.5, 0.6) is 0 Å². The molecule has 2 N–H and O–H groups in total. The zero-order chi connectivity index (χ0) is 14.9. The van der Waals surface area contributed by atoms with Crippen molar-refractivity contribution in [3.63, 3.8) is 0 Å². The molecule has 0 amide bonds. The minimum absolute atomic E-state index is 0.824. The Morgan fingerprint density at radius 2 is 1.23 bits per heavy atom. The van der Waals surface area contributed by atoms with E-state index in [0.717, 1.165) is 10.6 Å². The first-order valence-electron chi connectivity index (χ1n) is 7.26. The minimum atomic E-state index is 0.824. The van der Waals surface area contributed by atoms with Gasteiger partial charge in [-0.25, -0.2) is 0 Å². The summed E-state index contributed by atoms with van der Waals surface area (Å²) in [4.78, 5) is 2.34. The second kappa shape index (κ2) is 5.39. The molecule has 0 unspecified atom stereocenters. The van der Waals surface area contributed by atoms with Crippen LogP contribution in [0.25, 0.3) is 21.5 Å². The van der Waals surface area contributed by atoms with Crippen LogP contribution in [0.3, 0.4) is 0 Å². The molecule has 2 heteroatoms. The summed E-state index contributed by atoms with van der Waals surface area (Å²) in [6, 6.07) is 27.4. The predicted octanol–water partition coefficient (Wildman–Crippen LogP) is 5.73. The van der Waals surface area contributed by atoms with E-state index in [4.69, 9.17) is 5.73 Å². The summed E-state index contributed by atoms with van der Waals surface area (Å²) < 4.78 is 0. The molecule has 0 spiro atoms. The lowest BCUT2D eigenvalue weighted by atomic mass is 10.0. The maximum atomic E-state index is 6.10. The summed E-state index contributed by atoms with van der Waals surface area (Å²) in [6.45, 7) is 0. The zero-order valence-electron chi connectivity index (χ0n) is 12.0. The zero-order valence-corrected chi connectivity index (χ0v) is 12.8. The molecular formula is C20H15NS. The van der Waals surface area contributed by atoms with Crippen molar-refractivity contribution >= 4 is 39.0 Å². The molecule has 106 valence electrons. The molecule has 0 heterocycles. The number of anilines is 1. The van der Waals surface area contributed by atoms with Gasteiger partial charge in [-0.15, -0.1) is 0 Å². The van der Waals surface area contributed by atoms with E-state index in [0.29, 0.717) is 0 Å². The summed E-state index contributed by atoms with van der Waals surface area (Å²) in [6.07, 6.45) is 0. The standard InChI is InChI=1S/C20H15NS/c21-18-11-5-6-12-19(18)22-20-13-14-7-1-2-8-15(14)16-9-3-4-10-17(16)20/h1-13H,21H2. The highest BCUT2D eigenvalue weighted by Crippen LogP contribution is 2.39. The smallest absolute Gasteiger partial charge is 0.0455 e. The van der Waals surface area contributed by atoms with Crippen molar-refractivity contribution in [2.24, 2.45) is 0 Å². The molecule has 0 aliphatic heterocycles. The van der Waals surface area contributed by atoms with Gasteiger partial charge >= 0.3 is 0 Å². The fraction of sp³-hybridized carbons (Fsp3) is 0. The van der Waals surface area contributed by atoms with Gasteiger partial charge in [-0.3, -0.25) is 0 Å². The molecule has 4 aromatic rings. The minimum Gasteiger partial charge on any atom is -0.398 e. The van der Waals surface area contributed by atoms with E-state index < -0.39 is 0 Å². The fourth-order valence-corrected chi connectivity index (χ4v) is 3.84. The van der Waals surface area contributed by atoms with Gasteiger partial charge in [-0.1, -0.05) is 72.4 Å². The predicted molar refractivity (Wildman–Crippen MR) is 96.4 cm³/mol. The number of nitrogens with two attached hydrogens (primary N) is 1. The van der Waals surface area contributed by atoms with Crippen molar-refractivity contribution in [1.29, 1.82) is 0 Å². The molecule has 0 saturated heterocycles. The van der Waals surface area contributed by atoms with Crippen LogP contribution >= 0.6 is 11.8 Å². The van der Waals surface area contributed by atoms with Gasteiger partial charge in [0, 0.05) is 15.5 Å². The first-order chi connectivity index (χ1) is 10.8. The Labute approximate surface area is 133 Å². The summed E-state index contributed by atoms with van der Waals surface area (Å²) in [5, 5.41) is 5.12. The van der Waals surface area contributed by atoms with Crippen molar-refractivity contribution in [1.82, 2.24) is 0 Å². The molecule has 0 aliphatic rings. The van der Waals surface area contributed by atoms with Gasteiger partial charge in [-0.05, 0) is 39.7 Å². The normalized spacial score (nSPS) is 11.1. The van der Waals surface area contributed by atoms with E-state index in [-0.39, 0.29) is 0 Å². The topological polar surface area (TPSA) is 26.0 Å². The molecule has 1 nitrogen and oxygen atoms in total. The first kappa shape index (κ1) is 13.2. The van der Waals surface area contributed by atoms with Gasteiger partial charge in [0.2, 0.25) is 0 Å². The van der Waals surface area contributed by atoms with Crippen molar-refractivity contribution < 1.29 is 0 Å². The van der Waals surface area contributed by atoms with E-state index in [1.807, 2.05) is 18.2 Å². The van der Waals surface area contributed by atoms with E-state index >= 15 is 0 Å². The Balaban J connectivity index is 1.98. The number of fused-ring (bicyclic) bond motifs is 3. The lowest BCUT2D eigenvalue weighted by Gasteiger charge is -2.11. The van der Waals surface area contributed by atoms with Crippen LogP contribution < -0.4 is 5.73 Å². The van der Waals surface area contributed by atoms with Crippen molar-refractivity contribution in [2.45, 2.75) is 9.79 Å². The van der Waals surface area contributed by atoms with Crippen LogP contribution in [0.15, 0.2) is 88.7 Å². The lowest BCUT2D eigenvalue weighted by molar-refractivity contribution is 1.44. The molecule has 0 atom stereocenters. The van der Waals surface area contributed by atoms with Crippen LogP contribution in [0, 0.1) is 0 Å². The Morgan fingerprint density at radius 3 is 2.05 bits per heavy atom. The quantitative estimate of drug-likeness (QED) is 0.378. The SMILES string of the molecule is Nc1ccccc1Sc1cc2ccccc2c2ccccc12. The summed E-state index contributed by atoms with van der Waals surface area (Å²) >= 11 is 1.73. The Bertz CT molecular complexity index is 975. The molecule has 0 bridgehead atoms. The largest absolute Gasteiger partial charge is 0.398 e. The van der Waals surface area contributed by atoms with Crippen LogP contribution in [0.1, 0.15) is 0 Å². The number of benzene rings is 4. The van der Waals surface area contributed by atoms with E-state index in [2.05, 4.69) is 60.7 Å². The van der Waals surface area contributed by atoms with Gasteiger partial charge in [0.05, 0.1) is 0 Å². The number of para-hydroxylation sites is 1. The number of rotatable bonds is 2. The highest BCUT2D eigenvalue weighted by molar-refractivity contribution is 7.99. The van der Waals surface area contributed by atoms with Crippen LogP contribution in [0.4, 0.5) is 5.69 Å². The van der Waals surface area contributed by atoms with E-state index in [9.17, 15) is 0 Å². The average Bonchev–Trinajstić information content (AvgIpc) is 2.57. The third-order valence-corrected chi connectivity index (χ3v) is 5.02. The highest BCUT2D eigenvalue weighted by atomic mass is 32.2. The van der Waals surface area contributed by atoms with Gasteiger partial charge in [0.25, 0.3) is 0 Å². The summed E-state index contributed by atoms with van der Waals surface area (Å²) in [5.74, 6) is 0. The molecule has 4 rings (SSSR count). The second-order valence-corrected chi connectivity index (χ2v) is 6.37. The maximum Gasteiger partial charge on any atom is 0.0455 e. The third-order valence-electron chi connectivity index (χ3n) is 3.87. The second-order valence-electron chi connectivity index (χ2n) is 5.28. The molecule has 4 aromatic carbocycles. The molecule has 0 aliphatic carbocycles. The van der Waals surface area contributed by atoms with Gasteiger partial charge in [0.1, 0.15) is 0 Å². The lowest BCUT2D eigenvalue weighted by Crippen LogP contribution is -1.88. The van der Waals surface area contributed by atoms with Gasteiger partial charge < -0.3 is 5.73 Å². The first-order valence-corrected chi connectivity index (χ1v) is 8.07. The Morgan fingerprint density at radius 1 is 0.591 bits per heavy atom. The van der Waals surface area contributed by atoms with Crippen LogP contribution in [0.2, 0.25) is 0 Å². The Kier molecular flexibility index (Phi) is 3.24. The van der Waals surface area contributed by atoms with Crippen molar-refractivity contribution in [3.8, 4) is 0 Å². The van der Waals surface area contributed by atoms with Crippen molar-refractivity contribution in [3.05, 3.63) is 78.9 Å². The van der Waals surface area contributed by atoms with Crippen LogP contribution in [-0.4, -0.2) is 0 Å². The molecule has 0 aromatic heterocycles.